The molecule has 1 saturated carbocycles. The average Bonchev–Trinajstić information content (AvgIpc) is 3.27. The lowest BCUT2D eigenvalue weighted by molar-refractivity contribution is 0.0600. The van der Waals surface area contributed by atoms with Crippen molar-refractivity contribution in [2.45, 2.75) is 23.9 Å². The summed E-state index contributed by atoms with van der Waals surface area (Å²) in [4.78, 5) is 28.4. The molecule has 0 atom stereocenters. The fourth-order valence-corrected chi connectivity index (χ4v) is 3.34. The average molecular weight is 383 g/mol. The van der Waals surface area contributed by atoms with Gasteiger partial charge in [0, 0.05) is 12.0 Å². The van der Waals surface area contributed by atoms with E-state index in [-0.39, 0.29) is 22.9 Å². The van der Waals surface area contributed by atoms with Gasteiger partial charge in [-0.25, -0.2) is 14.5 Å². The first-order valence-corrected chi connectivity index (χ1v) is 9.49. The van der Waals surface area contributed by atoms with Gasteiger partial charge in [0.05, 0.1) is 24.1 Å². The van der Waals surface area contributed by atoms with Crippen LogP contribution in [0.5, 0.6) is 0 Å². The number of thioether (sulfide) groups is 1. The van der Waals surface area contributed by atoms with Gasteiger partial charge in [0.15, 0.2) is 5.76 Å². The van der Waals surface area contributed by atoms with Crippen molar-refractivity contribution >= 4 is 23.5 Å². The third kappa shape index (κ3) is 3.80. The highest BCUT2D eigenvalue weighted by Gasteiger charge is 2.30. The van der Waals surface area contributed by atoms with Crippen molar-refractivity contribution < 1.29 is 18.7 Å². The van der Waals surface area contributed by atoms with Crippen LogP contribution in [-0.4, -0.2) is 39.4 Å². The second-order valence-corrected chi connectivity index (χ2v) is 7.12. The first-order valence-electron chi connectivity index (χ1n) is 8.51. The zero-order chi connectivity index (χ0) is 18.8. The van der Waals surface area contributed by atoms with E-state index >= 15 is 0 Å². The number of methoxy groups -OCH3 is 1. The number of para-hydroxylation sites is 1. The fraction of sp³-hybridized carbons (Fsp3) is 0.263. The summed E-state index contributed by atoms with van der Waals surface area (Å²) < 4.78 is 11.6. The Bertz CT molecular complexity index is 976. The smallest absolute Gasteiger partial charge is 0.341 e. The molecule has 8 heteroatoms. The standard InChI is InChI=1S/C19H17N3O4S/c1-25-18(24)13-9-16(26-10-13)15(23)11-27-19-20-17(12-7-8-12)22(21-19)14-5-3-2-4-6-14/h2-6,9-10,12H,7-8,11H2,1H3. The fourth-order valence-electron chi connectivity index (χ4n) is 2.64. The first-order chi connectivity index (χ1) is 13.2. The maximum Gasteiger partial charge on any atom is 0.341 e. The Hall–Kier alpha value is -2.87. The number of Topliss-reactive ketones (excluding diaryl/α,β-unsaturated/α-hetero) is 1. The van der Waals surface area contributed by atoms with Crippen molar-refractivity contribution in [1.82, 2.24) is 14.8 Å². The van der Waals surface area contributed by atoms with Crippen LogP contribution in [0.25, 0.3) is 5.69 Å². The molecule has 138 valence electrons. The van der Waals surface area contributed by atoms with E-state index in [0.717, 1.165) is 24.4 Å². The van der Waals surface area contributed by atoms with Crippen molar-refractivity contribution in [3.63, 3.8) is 0 Å². The highest BCUT2D eigenvalue weighted by atomic mass is 32.2. The molecule has 0 aliphatic heterocycles. The second-order valence-electron chi connectivity index (χ2n) is 6.18. The third-order valence-corrected chi connectivity index (χ3v) is 5.02. The third-order valence-electron chi connectivity index (χ3n) is 4.18. The maximum absolute atomic E-state index is 12.3. The Morgan fingerprint density at radius 1 is 1.30 bits per heavy atom. The molecule has 2 aromatic heterocycles. The lowest BCUT2D eigenvalue weighted by Crippen LogP contribution is -2.03. The molecule has 27 heavy (non-hydrogen) atoms. The van der Waals surface area contributed by atoms with Crippen LogP contribution in [0.15, 0.2) is 52.2 Å². The van der Waals surface area contributed by atoms with Crippen molar-refractivity contribution in [2.24, 2.45) is 0 Å². The number of benzene rings is 1. The van der Waals surface area contributed by atoms with Crippen molar-refractivity contribution in [1.29, 1.82) is 0 Å². The SMILES string of the molecule is COC(=O)c1coc(C(=O)CSc2nc(C3CC3)n(-c3ccccc3)n2)c1. The molecule has 0 N–H and O–H groups in total. The summed E-state index contributed by atoms with van der Waals surface area (Å²) in [5, 5.41) is 5.12. The Morgan fingerprint density at radius 3 is 2.78 bits per heavy atom. The van der Waals surface area contributed by atoms with Gasteiger partial charge in [0.2, 0.25) is 10.9 Å². The first kappa shape index (κ1) is 17.5. The molecule has 1 fully saturated rings. The highest BCUT2D eigenvalue weighted by Crippen LogP contribution is 2.40. The number of carbonyl (C=O) groups excluding carboxylic acids is 2. The number of hydrogen-bond donors (Lipinski definition) is 0. The topological polar surface area (TPSA) is 87.2 Å². The van der Waals surface area contributed by atoms with Gasteiger partial charge < -0.3 is 9.15 Å². The van der Waals surface area contributed by atoms with Crippen LogP contribution >= 0.6 is 11.8 Å². The van der Waals surface area contributed by atoms with E-state index in [0.29, 0.717) is 11.1 Å². The number of rotatable bonds is 7. The monoisotopic (exact) mass is 383 g/mol. The molecular weight excluding hydrogens is 366 g/mol. The van der Waals surface area contributed by atoms with Crippen LogP contribution < -0.4 is 0 Å². The van der Waals surface area contributed by atoms with Crippen LogP contribution in [0.4, 0.5) is 0 Å². The Morgan fingerprint density at radius 2 is 2.07 bits per heavy atom. The van der Waals surface area contributed by atoms with Crippen LogP contribution in [-0.2, 0) is 4.74 Å². The Balaban J connectivity index is 1.48. The van der Waals surface area contributed by atoms with E-state index < -0.39 is 5.97 Å². The predicted molar refractivity (Wildman–Crippen MR) is 98.4 cm³/mol. The van der Waals surface area contributed by atoms with Gasteiger partial charge in [0.25, 0.3) is 0 Å². The molecule has 4 rings (SSSR count). The van der Waals surface area contributed by atoms with Crippen LogP contribution in [0.1, 0.15) is 45.5 Å². The molecule has 0 bridgehead atoms. The molecule has 2 heterocycles. The molecule has 1 aliphatic carbocycles. The molecule has 1 aliphatic rings. The maximum atomic E-state index is 12.3. The quantitative estimate of drug-likeness (QED) is 0.350. The number of nitrogens with zero attached hydrogens (tertiary/aromatic N) is 3. The number of ketones is 1. The van der Waals surface area contributed by atoms with E-state index in [2.05, 4.69) is 14.8 Å². The van der Waals surface area contributed by atoms with E-state index in [1.54, 1.807) is 0 Å². The summed E-state index contributed by atoms with van der Waals surface area (Å²) in [6.45, 7) is 0. The number of hydrogen-bond acceptors (Lipinski definition) is 7. The summed E-state index contributed by atoms with van der Waals surface area (Å²) >= 11 is 1.25. The van der Waals surface area contributed by atoms with Crippen molar-refractivity contribution in [3.8, 4) is 5.69 Å². The molecule has 1 aromatic carbocycles. The molecule has 3 aromatic rings. The van der Waals surface area contributed by atoms with Gasteiger partial charge in [-0.1, -0.05) is 30.0 Å². The number of esters is 1. The van der Waals surface area contributed by atoms with Crippen LogP contribution in [0.3, 0.4) is 0 Å². The van der Waals surface area contributed by atoms with Gasteiger partial charge in [-0.3, -0.25) is 4.79 Å². The highest BCUT2D eigenvalue weighted by molar-refractivity contribution is 7.99. The minimum absolute atomic E-state index is 0.118. The Kier molecular flexibility index (Phi) is 4.81. The summed E-state index contributed by atoms with van der Waals surface area (Å²) in [6, 6.07) is 11.2. The number of aromatic nitrogens is 3. The molecule has 0 amide bonds. The molecule has 7 nitrogen and oxygen atoms in total. The largest absolute Gasteiger partial charge is 0.465 e. The molecule has 0 unspecified atom stereocenters. The Labute approximate surface area is 159 Å². The zero-order valence-corrected chi connectivity index (χ0v) is 15.4. The lowest BCUT2D eigenvalue weighted by Gasteiger charge is -2.03. The predicted octanol–water partition coefficient (Wildman–Crippen LogP) is 3.50. The summed E-state index contributed by atoms with van der Waals surface area (Å²) in [7, 11) is 1.28. The molecular formula is C19H17N3O4S. The minimum atomic E-state index is -0.539. The van der Waals surface area contributed by atoms with Gasteiger partial charge in [-0.05, 0) is 25.0 Å². The van der Waals surface area contributed by atoms with Gasteiger partial charge in [0.1, 0.15) is 12.1 Å². The number of furan rings is 1. The molecule has 0 radical (unpaired) electrons. The van der Waals surface area contributed by atoms with E-state index in [1.165, 1.54) is 31.2 Å². The van der Waals surface area contributed by atoms with E-state index in [4.69, 9.17) is 4.42 Å². The van der Waals surface area contributed by atoms with Crippen LogP contribution in [0.2, 0.25) is 0 Å². The molecule has 0 spiro atoms. The van der Waals surface area contributed by atoms with E-state index in [9.17, 15) is 9.59 Å². The molecule has 0 saturated heterocycles. The van der Waals surface area contributed by atoms with Gasteiger partial charge in [-0.2, -0.15) is 0 Å². The lowest BCUT2D eigenvalue weighted by atomic mass is 10.3. The van der Waals surface area contributed by atoms with Gasteiger partial charge >= 0.3 is 5.97 Å². The van der Waals surface area contributed by atoms with Gasteiger partial charge in [-0.15, -0.1) is 5.10 Å². The summed E-state index contributed by atoms with van der Waals surface area (Å²) in [5.74, 6) is 0.823. The normalized spacial score (nSPS) is 13.5. The van der Waals surface area contributed by atoms with Crippen LogP contribution in [0, 0.1) is 0 Å². The summed E-state index contributed by atoms with van der Waals surface area (Å²) in [6.07, 6.45) is 3.44. The number of ether oxygens (including phenoxy) is 1. The number of carbonyl (C=O) groups is 2. The van der Waals surface area contributed by atoms with Crippen molar-refractivity contribution in [3.05, 3.63) is 59.8 Å². The zero-order valence-electron chi connectivity index (χ0n) is 14.6. The second kappa shape index (κ2) is 7.40. The summed E-state index contributed by atoms with van der Waals surface area (Å²) in [5.41, 5.74) is 1.17. The minimum Gasteiger partial charge on any atom is -0.465 e. The van der Waals surface area contributed by atoms with Crippen molar-refractivity contribution in [2.75, 3.05) is 12.9 Å². The van der Waals surface area contributed by atoms with E-state index in [1.807, 2.05) is 35.0 Å².